The fourth-order valence-corrected chi connectivity index (χ4v) is 3.08. The molecule has 1 atom stereocenters. The van der Waals surface area contributed by atoms with Crippen LogP contribution in [0.25, 0.3) is 16.5 Å². The van der Waals surface area contributed by atoms with Crippen LogP contribution < -0.4 is 0 Å². The second-order valence-electron chi connectivity index (χ2n) is 6.14. The molecule has 1 aliphatic carbocycles. The van der Waals surface area contributed by atoms with Crippen LogP contribution in [0.5, 0.6) is 0 Å². The zero-order valence-electron chi connectivity index (χ0n) is 14.4. The van der Waals surface area contributed by atoms with E-state index in [9.17, 15) is 4.79 Å². The summed E-state index contributed by atoms with van der Waals surface area (Å²) in [6, 6.07) is 12.3. The molecule has 0 saturated carbocycles. The smallest absolute Gasteiger partial charge is 0.306 e. The highest BCUT2D eigenvalue weighted by molar-refractivity contribution is 5.97. The lowest BCUT2D eigenvalue weighted by Crippen LogP contribution is -2.14. The van der Waals surface area contributed by atoms with Crippen molar-refractivity contribution < 1.29 is 14.3 Å². The first-order valence-corrected chi connectivity index (χ1v) is 8.80. The van der Waals surface area contributed by atoms with E-state index in [4.69, 9.17) is 9.47 Å². The van der Waals surface area contributed by atoms with E-state index < -0.39 is 0 Å². The van der Waals surface area contributed by atoms with Gasteiger partial charge in [0.1, 0.15) is 11.9 Å². The molecule has 24 heavy (non-hydrogen) atoms. The van der Waals surface area contributed by atoms with Crippen LogP contribution in [0, 0.1) is 0 Å². The summed E-state index contributed by atoms with van der Waals surface area (Å²) in [5, 5.41) is 2.27. The van der Waals surface area contributed by atoms with Crippen molar-refractivity contribution in [2.75, 3.05) is 6.61 Å². The largest absolute Gasteiger partial charge is 0.493 e. The average molecular weight is 324 g/mol. The number of benzene rings is 2. The van der Waals surface area contributed by atoms with Crippen LogP contribution in [0.3, 0.4) is 0 Å². The zero-order chi connectivity index (χ0) is 16.9. The molecule has 0 aliphatic heterocycles. The number of esters is 1. The Morgan fingerprint density at radius 2 is 1.88 bits per heavy atom. The van der Waals surface area contributed by atoms with Gasteiger partial charge in [-0.05, 0) is 23.6 Å². The summed E-state index contributed by atoms with van der Waals surface area (Å²) >= 11 is 0. The van der Waals surface area contributed by atoms with Crippen molar-refractivity contribution in [1.82, 2.24) is 0 Å². The number of unbranched alkanes of at least 4 members (excludes halogenated alkanes) is 1. The SMILES string of the molecule is CCCCOC1=CC(OC(=O)CCC)c2cccc3cccc1c23. The Hall–Kier alpha value is -2.29. The third-order valence-electron chi connectivity index (χ3n) is 4.28. The van der Waals surface area contributed by atoms with E-state index in [0.29, 0.717) is 13.0 Å². The van der Waals surface area contributed by atoms with Crippen molar-refractivity contribution in [2.24, 2.45) is 0 Å². The molecule has 3 heteroatoms. The standard InChI is InChI=1S/C21H24O3/c1-3-5-13-23-18-14-19(24-20(22)8-4-2)17-12-7-10-15-9-6-11-16(18)21(15)17/h6-7,9-12,14,19H,3-5,8,13H2,1-2H3. The molecule has 0 spiro atoms. The monoisotopic (exact) mass is 324 g/mol. The minimum atomic E-state index is -0.376. The van der Waals surface area contributed by atoms with Crippen LogP contribution in [0.15, 0.2) is 42.5 Å². The van der Waals surface area contributed by atoms with Crippen LogP contribution >= 0.6 is 0 Å². The maximum atomic E-state index is 12.0. The van der Waals surface area contributed by atoms with E-state index in [1.165, 1.54) is 0 Å². The van der Waals surface area contributed by atoms with Crippen LogP contribution in [0.1, 0.15) is 56.8 Å². The molecule has 1 unspecified atom stereocenters. The second-order valence-corrected chi connectivity index (χ2v) is 6.14. The summed E-state index contributed by atoms with van der Waals surface area (Å²) in [5.41, 5.74) is 2.12. The number of hydrogen-bond donors (Lipinski definition) is 0. The van der Waals surface area contributed by atoms with E-state index in [-0.39, 0.29) is 12.1 Å². The van der Waals surface area contributed by atoms with E-state index in [1.807, 2.05) is 31.2 Å². The Labute approximate surface area is 143 Å². The first-order chi connectivity index (χ1) is 11.7. The minimum Gasteiger partial charge on any atom is -0.493 e. The molecule has 126 valence electrons. The number of rotatable bonds is 7. The highest BCUT2D eigenvalue weighted by Gasteiger charge is 2.25. The topological polar surface area (TPSA) is 35.5 Å². The van der Waals surface area contributed by atoms with Crippen molar-refractivity contribution >= 4 is 22.5 Å². The third kappa shape index (κ3) is 3.30. The molecule has 0 amide bonds. The molecule has 0 saturated heterocycles. The number of carbonyl (C=O) groups is 1. The molecular weight excluding hydrogens is 300 g/mol. The summed E-state index contributed by atoms with van der Waals surface area (Å²) in [4.78, 5) is 12.0. The molecule has 3 rings (SSSR count). The van der Waals surface area contributed by atoms with Gasteiger partial charge in [0.05, 0.1) is 6.61 Å². The molecule has 0 N–H and O–H groups in total. The normalized spacial score (nSPS) is 15.9. The first-order valence-electron chi connectivity index (χ1n) is 8.80. The van der Waals surface area contributed by atoms with Gasteiger partial charge in [-0.25, -0.2) is 0 Å². The molecule has 1 aliphatic rings. The predicted molar refractivity (Wildman–Crippen MR) is 96.5 cm³/mol. The van der Waals surface area contributed by atoms with Gasteiger partial charge in [0.15, 0.2) is 0 Å². The summed E-state index contributed by atoms with van der Waals surface area (Å²) in [6.45, 7) is 4.80. The van der Waals surface area contributed by atoms with E-state index >= 15 is 0 Å². The molecule has 2 aromatic rings. The Balaban J connectivity index is 2.00. The molecule has 0 fully saturated rings. The van der Waals surface area contributed by atoms with Gasteiger partial charge in [-0.1, -0.05) is 56.7 Å². The van der Waals surface area contributed by atoms with Crippen molar-refractivity contribution in [1.29, 1.82) is 0 Å². The first kappa shape index (κ1) is 16.6. The summed E-state index contributed by atoms with van der Waals surface area (Å²) in [5.74, 6) is 0.657. The van der Waals surface area contributed by atoms with Gasteiger partial charge >= 0.3 is 5.97 Å². The van der Waals surface area contributed by atoms with E-state index in [1.54, 1.807) is 0 Å². The number of ether oxygens (including phenoxy) is 2. The molecule has 0 radical (unpaired) electrons. The summed E-state index contributed by atoms with van der Waals surface area (Å²) in [7, 11) is 0. The maximum Gasteiger partial charge on any atom is 0.306 e. The predicted octanol–water partition coefficient (Wildman–Crippen LogP) is 5.40. The van der Waals surface area contributed by atoms with Gasteiger partial charge in [-0.2, -0.15) is 0 Å². The summed E-state index contributed by atoms with van der Waals surface area (Å²) < 4.78 is 11.7. The lowest BCUT2D eigenvalue weighted by Gasteiger charge is -2.25. The van der Waals surface area contributed by atoms with Gasteiger partial charge in [0.25, 0.3) is 0 Å². The van der Waals surface area contributed by atoms with Gasteiger partial charge in [0.2, 0.25) is 0 Å². The second kappa shape index (κ2) is 7.52. The van der Waals surface area contributed by atoms with Gasteiger partial charge in [-0.3, -0.25) is 4.79 Å². The van der Waals surface area contributed by atoms with Crippen molar-refractivity contribution in [2.45, 2.75) is 45.6 Å². The number of carbonyl (C=O) groups excluding carboxylic acids is 1. The average Bonchev–Trinajstić information content (AvgIpc) is 2.59. The lowest BCUT2D eigenvalue weighted by molar-refractivity contribution is -0.147. The molecule has 0 aromatic heterocycles. The fourth-order valence-electron chi connectivity index (χ4n) is 3.08. The van der Waals surface area contributed by atoms with Gasteiger partial charge in [0, 0.05) is 23.6 Å². The van der Waals surface area contributed by atoms with Crippen LogP contribution in [-0.4, -0.2) is 12.6 Å². The fraction of sp³-hybridized carbons (Fsp3) is 0.381. The van der Waals surface area contributed by atoms with E-state index in [2.05, 4.69) is 25.1 Å². The minimum absolute atomic E-state index is 0.164. The Morgan fingerprint density at radius 1 is 1.08 bits per heavy atom. The van der Waals surface area contributed by atoms with Crippen molar-refractivity contribution in [3.05, 3.63) is 53.6 Å². The third-order valence-corrected chi connectivity index (χ3v) is 4.28. The van der Waals surface area contributed by atoms with E-state index in [0.717, 1.165) is 46.9 Å². The Morgan fingerprint density at radius 3 is 2.62 bits per heavy atom. The zero-order valence-corrected chi connectivity index (χ0v) is 14.4. The van der Waals surface area contributed by atoms with Crippen molar-refractivity contribution in [3.8, 4) is 0 Å². The quantitative estimate of drug-likeness (QED) is 0.505. The van der Waals surface area contributed by atoms with Crippen LogP contribution in [0.4, 0.5) is 0 Å². The Kier molecular flexibility index (Phi) is 5.19. The lowest BCUT2D eigenvalue weighted by atomic mass is 9.90. The molecular formula is C21H24O3. The van der Waals surface area contributed by atoms with Crippen molar-refractivity contribution in [3.63, 3.8) is 0 Å². The number of hydrogen-bond acceptors (Lipinski definition) is 3. The Bertz CT molecular complexity index is 756. The van der Waals surface area contributed by atoms with Gasteiger partial charge < -0.3 is 9.47 Å². The highest BCUT2D eigenvalue weighted by atomic mass is 16.5. The highest BCUT2D eigenvalue weighted by Crippen LogP contribution is 2.39. The molecule has 2 aromatic carbocycles. The molecule has 3 nitrogen and oxygen atoms in total. The maximum absolute atomic E-state index is 12.0. The van der Waals surface area contributed by atoms with Gasteiger partial charge in [-0.15, -0.1) is 0 Å². The molecule has 0 bridgehead atoms. The summed E-state index contributed by atoms with van der Waals surface area (Å²) in [6.07, 6.45) is 4.89. The van der Waals surface area contributed by atoms with Crippen LogP contribution in [-0.2, 0) is 14.3 Å². The molecule has 0 heterocycles. The van der Waals surface area contributed by atoms with Crippen LogP contribution in [0.2, 0.25) is 0 Å².